The van der Waals surface area contributed by atoms with Gasteiger partial charge in [-0.05, 0) is 32.4 Å². The second-order valence-corrected chi connectivity index (χ2v) is 5.38. The van der Waals surface area contributed by atoms with Crippen molar-refractivity contribution in [3.63, 3.8) is 0 Å². The number of hydrogen-bond donors (Lipinski definition) is 1. The molecule has 0 bridgehead atoms. The van der Waals surface area contributed by atoms with Crippen molar-refractivity contribution in [2.24, 2.45) is 7.05 Å². The van der Waals surface area contributed by atoms with Crippen molar-refractivity contribution in [1.29, 1.82) is 0 Å². The van der Waals surface area contributed by atoms with Crippen LogP contribution in [0.25, 0.3) is 0 Å². The van der Waals surface area contributed by atoms with Gasteiger partial charge in [-0.15, -0.1) is 0 Å². The van der Waals surface area contributed by atoms with Gasteiger partial charge in [-0.3, -0.25) is 4.90 Å². The first-order chi connectivity index (χ1) is 8.79. The lowest BCUT2D eigenvalue weighted by atomic mass is 10.0. The highest BCUT2D eigenvalue weighted by atomic mass is 15.2. The van der Waals surface area contributed by atoms with Gasteiger partial charge in [0.1, 0.15) is 0 Å². The second kappa shape index (κ2) is 6.90. The fraction of sp³-hybridized carbons (Fsp3) is 0.786. The van der Waals surface area contributed by atoms with Crippen LogP contribution in [0.1, 0.15) is 38.3 Å². The molecule has 1 aromatic heterocycles. The van der Waals surface area contributed by atoms with E-state index in [4.69, 9.17) is 0 Å². The Balaban J connectivity index is 1.88. The van der Waals surface area contributed by atoms with Gasteiger partial charge in [0.2, 0.25) is 0 Å². The third-order valence-corrected chi connectivity index (χ3v) is 3.73. The van der Waals surface area contributed by atoms with Gasteiger partial charge in [-0.25, -0.2) is 4.98 Å². The van der Waals surface area contributed by atoms with Crippen LogP contribution in [0.2, 0.25) is 0 Å². The van der Waals surface area contributed by atoms with Crippen LogP contribution in [0.3, 0.4) is 0 Å². The Labute approximate surface area is 110 Å². The normalized spacial score (nSPS) is 20.5. The molecule has 1 aliphatic rings. The molecular formula is C14H26N4. The third kappa shape index (κ3) is 3.82. The van der Waals surface area contributed by atoms with E-state index in [0.29, 0.717) is 6.04 Å². The maximum atomic E-state index is 4.20. The molecule has 18 heavy (non-hydrogen) atoms. The molecule has 1 N–H and O–H groups in total. The summed E-state index contributed by atoms with van der Waals surface area (Å²) in [6.45, 7) is 6.80. The summed E-state index contributed by atoms with van der Waals surface area (Å²) in [7, 11) is 2.07. The second-order valence-electron chi connectivity index (χ2n) is 5.38. The molecule has 0 aliphatic carbocycles. The van der Waals surface area contributed by atoms with Crippen LogP contribution in [0.5, 0.6) is 0 Å². The Morgan fingerprint density at radius 3 is 3.00 bits per heavy atom. The molecule has 1 fully saturated rings. The lowest BCUT2D eigenvalue weighted by Crippen LogP contribution is -2.43. The minimum Gasteiger partial charge on any atom is -0.337 e. The van der Waals surface area contributed by atoms with E-state index < -0.39 is 0 Å². The van der Waals surface area contributed by atoms with Gasteiger partial charge < -0.3 is 9.88 Å². The van der Waals surface area contributed by atoms with Crippen LogP contribution in [0.15, 0.2) is 12.5 Å². The van der Waals surface area contributed by atoms with E-state index in [2.05, 4.69) is 33.7 Å². The van der Waals surface area contributed by atoms with Crippen molar-refractivity contribution >= 4 is 0 Å². The summed E-state index contributed by atoms with van der Waals surface area (Å²) in [5.41, 5.74) is 1.30. The highest BCUT2D eigenvalue weighted by molar-refractivity contribution is 4.97. The van der Waals surface area contributed by atoms with Gasteiger partial charge >= 0.3 is 0 Å². The molecule has 102 valence electrons. The topological polar surface area (TPSA) is 33.1 Å². The molecule has 0 radical (unpaired) electrons. The molecule has 4 nitrogen and oxygen atoms in total. The van der Waals surface area contributed by atoms with Crippen molar-refractivity contribution in [3.05, 3.63) is 18.2 Å². The van der Waals surface area contributed by atoms with E-state index in [-0.39, 0.29) is 0 Å². The van der Waals surface area contributed by atoms with Gasteiger partial charge in [0.05, 0.1) is 12.0 Å². The number of rotatable bonds is 6. The summed E-state index contributed by atoms with van der Waals surface area (Å²) in [6, 6.07) is 0.679. The molecule has 1 atom stereocenters. The molecule has 0 spiro atoms. The molecule has 1 aliphatic heterocycles. The molecule has 0 saturated carbocycles. The highest BCUT2D eigenvalue weighted by Crippen LogP contribution is 2.11. The summed E-state index contributed by atoms with van der Waals surface area (Å²) >= 11 is 0. The fourth-order valence-corrected chi connectivity index (χ4v) is 2.71. The first-order valence-corrected chi connectivity index (χ1v) is 7.20. The molecule has 1 unspecified atom stereocenters. The Morgan fingerprint density at radius 2 is 2.39 bits per heavy atom. The summed E-state index contributed by atoms with van der Waals surface area (Å²) < 4.78 is 2.12. The molecule has 0 amide bonds. The number of aromatic nitrogens is 2. The zero-order valence-electron chi connectivity index (χ0n) is 11.7. The molecule has 1 saturated heterocycles. The number of nitrogens with one attached hydrogen (secondary N) is 1. The number of piperidine rings is 1. The quantitative estimate of drug-likeness (QED) is 0.835. The van der Waals surface area contributed by atoms with Crippen molar-refractivity contribution < 1.29 is 0 Å². The SMILES string of the molecule is CCCN(Cc1cncn1C)CC1CCCCN1. The highest BCUT2D eigenvalue weighted by Gasteiger charge is 2.17. The number of imidazole rings is 1. The van der Waals surface area contributed by atoms with Gasteiger partial charge in [0.25, 0.3) is 0 Å². The minimum atomic E-state index is 0.679. The summed E-state index contributed by atoms with van der Waals surface area (Å²) in [6.07, 6.45) is 9.13. The van der Waals surface area contributed by atoms with E-state index in [1.54, 1.807) is 0 Å². The van der Waals surface area contributed by atoms with Crippen molar-refractivity contribution in [2.75, 3.05) is 19.6 Å². The molecular weight excluding hydrogens is 224 g/mol. The Morgan fingerprint density at radius 1 is 1.50 bits per heavy atom. The van der Waals surface area contributed by atoms with E-state index >= 15 is 0 Å². The Hall–Kier alpha value is -0.870. The summed E-state index contributed by atoms with van der Waals surface area (Å²) in [5.74, 6) is 0. The zero-order valence-corrected chi connectivity index (χ0v) is 11.7. The van der Waals surface area contributed by atoms with Gasteiger partial charge in [-0.1, -0.05) is 13.3 Å². The van der Waals surface area contributed by atoms with E-state index in [9.17, 15) is 0 Å². The standard InChI is InChI=1S/C14H26N4/c1-3-8-18(10-13-6-4-5-7-16-13)11-14-9-15-12-17(14)2/h9,12-13,16H,3-8,10-11H2,1-2H3. The molecule has 2 rings (SSSR count). The monoisotopic (exact) mass is 250 g/mol. The van der Waals surface area contributed by atoms with Crippen LogP contribution in [-0.2, 0) is 13.6 Å². The summed E-state index contributed by atoms with van der Waals surface area (Å²) in [4.78, 5) is 6.76. The smallest absolute Gasteiger partial charge is 0.0945 e. The zero-order chi connectivity index (χ0) is 12.8. The lowest BCUT2D eigenvalue weighted by molar-refractivity contribution is 0.213. The first kappa shape index (κ1) is 13.6. The van der Waals surface area contributed by atoms with Crippen LogP contribution in [-0.4, -0.2) is 40.1 Å². The minimum absolute atomic E-state index is 0.679. The van der Waals surface area contributed by atoms with Crippen molar-refractivity contribution in [2.45, 2.75) is 45.2 Å². The number of aryl methyl sites for hydroxylation is 1. The van der Waals surface area contributed by atoms with Gasteiger partial charge in [0.15, 0.2) is 0 Å². The maximum Gasteiger partial charge on any atom is 0.0945 e. The van der Waals surface area contributed by atoms with Crippen molar-refractivity contribution in [3.8, 4) is 0 Å². The lowest BCUT2D eigenvalue weighted by Gasteiger charge is -2.30. The van der Waals surface area contributed by atoms with Crippen LogP contribution < -0.4 is 5.32 Å². The predicted octanol–water partition coefficient (Wildman–Crippen LogP) is 1.77. The van der Waals surface area contributed by atoms with Gasteiger partial charge in [-0.2, -0.15) is 0 Å². The average molecular weight is 250 g/mol. The summed E-state index contributed by atoms with van der Waals surface area (Å²) in [5, 5.41) is 3.64. The van der Waals surface area contributed by atoms with Crippen LogP contribution in [0, 0.1) is 0 Å². The molecule has 2 heterocycles. The van der Waals surface area contributed by atoms with Gasteiger partial charge in [0, 0.05) is 32.4 Å². The first-order valence-electron chi connectivity index (χ1n) is 7.20. The Bertz CT molecular complexity index is 341. The molecule has 0 aromatic carbocycles. The van der Waals surface area contributed by atoms with E-state index in [1.165, 1.54) is 51.0 Å². The van der Waals surface area contributed by atoms with Crippen LogP contribution >= 0.6 is 0 Å². The Kier molecular flexibility index (Phi) is 5.20. The van der Waals surface area contributed by atoms with E-state index in [1.807, 2.05) is 12.5 Å². The molecule has 4 heteroatoms. The average Bonchev–Trinajstić information content (AvgIpc) is 2.77. The fourth-order valence-electron chi connectivity index (χ4n) is 2.71. The number of hydrogen-bond acceptors (Lipinski definition) is 3. The molecule has 1 aromatic rings. The third-order valence-electron chi connectivity index (χ3n) is 3.73. The van der Waals surface area contributed by atoms with Crippen LogP contribution in [0.4, 0.5) is 0 Å². The largest absolute Gasteiger partial charge is 0.337 e. The van der Waals surface area contributed by atoms with E-state index in [0.717, 1.165) is 6.54 Å². The predicted molar refractivity (Wildman–Crippen MR) is 74.4 cm³/mol. The van der Waals surface area contributed by atoms with Crippen molar-refractivity contribution in [1.82, 2.24) is 19.8 Å². The maximum absolute atomic E-state index is 4.20. The number of nitrogens with zero attached hydrogens (tertiary/aromatic N) is 3.